The standard InChI is InChI=1S/C17H17N3O2/c21-16(19-11-6-7-11)12-9-13(12)17(22)20-14-5-1-3-10-4-2-8-18-15(10)14/h1-5,8,11-13H,6-7,9H2,(H,19,21)(H,20,22). The highest BCUT2D eigenvalue weighted by Crippen LogP contribution is 2.40. The molecule has 2 saturated carbocycles. The van der Waals surface area contributed by atoms with Crippen LogP contribution in [0.5, 0.6) is 0 Å². The summed E-state index contributed by atoms with van der Waals surface area (Å²) >= 11 is 0. The van der Waals surface area contributed by atoms with Crippen molar-refractivity contribution in [3.63, 3.8) is 0 Å². The van der Waals surface area contributed by atoms with Crippen molar-refractivity contribution in [1.29, 1.82) is 0 Å². The van der Waals surface area contributed by atoms with Crippen LogP contribution in [0, 0.1) is 11.8 Å². The third kappa shape index (κ3) is 2.54. The molecule has 2 aliphatic carbocycles. The summed E-state index contributed by atoms with van der Waals surface area (Å²) in [6.07, 6.45) is 4.48. The summed E-state index contributed by atoms with van der Waals surface area (Å²) in [4.78, 5) is 28.6. The number of benzene rings is 1. The molecule has 1 aromatic carbocycles. The molecule has 2 N–H and O–H groups in total. The zero-order valence-electron chi connectivity index (χ0n) is 12.1. The molecule has 2 fully saturated rings. The van der Waals surface area contributed by atoms with Gasteiger partial charge in [-0.2, -0.15) is 0 Å². The molecule has 0 spiro atoms. The van der Waals surface area contributed by atoms with Gasteiger partial charge in [-0.3, -0.25) is 14.6 Å². The second-order valence-electron chi connectivity index (χ2n) is 6.10. The number of para-hydroxylation sites is 1. The Morgan fingerprint density at radius 1 is 1.05 bits per heavy atom. The van der Waals surface area contributed by atoms with Crippen molar-refractivity contribution < 1.29 is 9.59 Å². The minimum absolute atomic E-state index is 0.0266. The lowest BCUT2D eigenvalue weighted by atomic mass is 10.2. The van der Waals surface area contributed by atoms with E-state index in [1.54, 1.807) is 6.20 Å². The number of fused-ring (bicyclic) bond motifs is 1. The highest BCUT2D eigenvalue weighted by molar-refractivity contribution is 6.04. The lowest BCUT2D eigenvalue weighted by Gasteiger charge is -2.08. The van der Waals surface area contributed by atoms with E-state index in [1.807, 2.05) is 30.3 Å². The number of nitrogens with zero attached hydrogens (tertiary/aromatic N) is 1. The van der Waals surface area contributed by atoms with Crippen molar-refractivity contribution in [3.05, 3.63) is 36.5 Å². The van der Waals surface area contributed by atoms with Gasteiger partial charge in [0.1, 0.15) is 0 Å². The Kier molecular flexibility index (Phi) is 3.06. The predicted octanol–water partition coefficient (Wildman–Crippen LogP) is 2.09. The normalized spacial score (nSPS) is 23.1. The zero-order valence-corrected chi connectivity index (χ0v) is 12.1. The smallest absolute Gasteiger partial charge is 0.228 e. The van der Waals surface area contributed by atoms with Gasteiger partial charge in [-0.15, -0.1) is 0 Å². The van der Waals surface area contributed by atoms with E-state index in [9.17, 15) is 9.59 Å². The number of rotatable bonds is 4. The summed E-state index contributed by atoms with van der Waals surface area (Å²) in [6.45, 7) is 0. The van der Waals surface area contributed by atoms with Crippen LogP contribution in [0.4, 0.5) is 5.69 Å². The summed E-state index contributed by atoms with van der Waals surface area (Å²) in [5.74, 6) is -0.436. The van der Waals surface area contributed by atoms with Crippen molar-refractivity contribution >= 4 is 28.4 Å². The number of pyridine rings is 1. The largest absolute Gasteiger partial charge is 0.353 e. The first-order valence-electron chi connectivity index (χ1n) is 7.67. The summed E-state index contributed by atoms with van der Waals surface area (Å²) in [5.41, 5.74) is 1.48. The minimum atomic E-state index is -0.210. The summed E-state index contributed by atoms with van der Waals surface area (Å²) in [6, 6.07) is 9.87. The van der Waals surface area contributed by atoms with Crippen LogP contribution in [0.2, 0.25) is 0 Å². The van der Waals surface area contributed by atoms with Crippen molar-refractivity contribution in [1.82, 2.24) is 10.3 Å². The molecule has 2 unspecified atom stereocenters. The third-order valence-corrected chi connectivity index (χ3v) is 4.28. The van der Waals surface area contributed by atoms with Gasteiger partial charge in [0.25, 0.3) is 0 Å². The molecule has 5 nitrogen and oxygen atoms in total. The molecule has 0 saturated heterocycles. The highest BCUT2D eigenvalue weighted by Gasteiger charge is 2.48. The van der Waals surface area contributed by atoms with E-state index in [4.69, 9.17) is 0 Å². The zero-order chi connectivity index (χ0) is 15.1. The molecule has 112 valence electrons. The van der Waals surface area contributed by atoms with Gasteiger partial charge in [-0.25, -0.2) is 0 Å². The molecule has 2 aromatic rings. The van der Waals surface area contributed by atoms with E-state index in [-0.39, 0.29) is 23.7 Å². The molecule has 5 heteroatoms. The third-order valence-electron chi connectivity index (χ3n) is 4.28. The van der Waals surface area contributed by atoms with Crippen LogP contribution in [-0.4, -0.2) is 22.8 Å². The van der Waals surface area contributed by atoms with Crippen molar-refractivity contribution in [3.8, 4) is 0 Å². The Labute approximate surface area is 128 Å². The van der Waals surface area contributed by atoms with Crippen molar-refractivity contribution in [2.75, 3.05) is 5.32 Å². The van der Waals surface area contributed by atoms with Crippen LogP contribution in [0.1, 0.15) is 19.3 Å². The Hall–Kier alpha value is -2.43. The van der Waals surface area contributed by atoms with E-state index < -0.39 is 0 Å². The maximum atomic E-state index is 12.3. The molecule has 2 atom stereocenters. The topological polar surface area (TPSA) is 71.1 Å². The molecule has 2 aliphatic rings. The monoisotopic (exact) mass is 295 g/mol. The van der Waals surface area contributed by atoms with Crippen molar-refractivity contribution in [2.45, 2.75) is 25.3 Å². The maximum absolute atomic E-state index is 12.3. The van der Waals surface area contributed by atoms with Gasteiger partial charge in [0.2, 0.25) is 11.8 Å². The van der Waals surface area contributed by atoms with E-state index in [0.29, 0.717) is 18.2 Å². The Morgan fingerprint density at radius 3 is 2.64 bits per heavy atom. The van der Waals surface area contributed by atoms with E-state index in [2.05, 4.69) is 15.6 Å². The van der Waals surface area contributed by atoms with Gasteiger partial charge in [0.05, 0.1) is 23.0 Å². The first kappa shape index (κ1) is 13.2. The number of carbonyl (C=O) groups excluding carboxylic acids is 2. The van der Waals surface area contributed by atoms with Crippen LogP contribution in [0.15, 0.2) is 36.5 Å². The lowest BCUT2D eigenvalue weighted by molar-refractivity contribution is -0.125. The summed E-state index contributed by atoms with van der Waals surface area (Å²) in [7, 11) is 0. The predicted molar refractivity (Wildman–Crippen MR) is 83.1 cm³/mol. The minimum Gasteiger partial charge on any atom is -0.353 e. The molecule has 22 heavy (non-hydrogen) atoms. The van der Waals surface area contributed by atoms with E-state index >= 15 is 0 Å². The fourth-order valence-corrected chi connectivity index (χ4v) is 2.74. The fraction of sp³-hybridized carbons (Fsp3) is 0.353. The quantitative estimate of drug-likeness (QED) is 0.907. The molecule has 1 heterocycles. The van der Waals surface area contributed by atoms with Gasteiger partial charge < -0.3 is 10.6 Å². The van der Waals surface area contributed by atoms with Crippen LogP contribution >= 0.6 is 0 Å². The SMILES string of the molecule is O=C(Nc1cccc2cccnc12)C1CC1C(=O)NC1CC1. The average Bonchev–Trinajstić information content (AvgIpc) is 3.41. The lowest BCUT2D eigenvalue weighted by Crippen LogP contribution is -2.29. The Bertz CT molecular complexity index is 749. The number of carbonyl (C=O) groups is 2. The van der Waals surface area contributed by atoms with E-state index in [1.165, 1.54) is 0 Å². The van der Waals surface area contributed by atoms with Crippen LogP contribution < -0.4 is 10.6 Å². The van der Waals surface area contributed by atoms with Crippen LogP contribution in [-0.2, 0) is 9.59 Å². The summed E-state index contributed by atoms with van der Waals surface area (Å²) < 4.78 is 0. The average molecular weight is 295 g/mol. The number of anilines is 1. The molecule has 4 rings (SSSR count). The Morgan fingerprint density at radius 2 is 1.82 bits per heavy atom. The molecular formula is C17H17N3O2. The fourth-order valence-electron chi connectivity index (χ4n) is 2.74. The second-order valence-corrected chi connectivity index (χ2v) is 6.10. The Balaban J connectivity index is 1.44. The van der Waals surface area contributed by atoms with E-state index in [0.717, 1.165) is 23.7 Å². The molecule has 1 aromatic heterocycles. The number of hydrogen-bond donors (Lipinski definition) is 2. The number of hydrogen-bond acceptors (Lipinski definition) is 3. The second kappa shape index (κ2) is 5.09. The number of amides is 2. The first-order valence-corrected chi connectivity index (χ1v) is 7.67. The van der Waals surface area contributed by atoms with Gasteiger partial charge in [-0.05, 0) is 31.4 Å². The van der Waals surface area contributed by atoms with Gasteiger partial charge in [0.15, 0.2) is 0 Å². The number of nitrogens with one attached hydrogen (secondary N) is 2. The molecule has 0 radical (unpaired) electrons. The van der Waals surface area contributed by atoms with Crippen LogP contribution in [0.3, 0.4) is 0 Å². The van der Waals surface area contributed by atoms with Gasteiger partial charge in [0, 0.05) is 17.6 Å². The molecule has 2 amide bonds. The summed E-state index contributed by atoms with van der Waals surface area (Å²) in [5, 5.41) is 6.87. The molecule has 0 bridgehead atoms. The number of aromatic nitrogens is 1. The molecule has 0 aliphatic heterocycles. The maximum Gasteiger partial charge on any atom is 0.228 e. The van der Waals surface area contributed by atoms with Crippen LogP contribution in [0.25, 0.3) is 10.9 Å². The van der Waals surface area contributed by atoms with Crippen molar-refractivity contribution in [2.24, 2.45) is 11.8 Å². The first-order chi connectivity index (χ1) is 10.7. The van der Waals surface area contributed by atoms with Gasteiger partial charge in [-0.1, -0.05) is 18.2 Å². The molecular weight excluding hydrogens is 278 g/mol. The van der Waals surface area contributed by atoms with Gasteiger partial charge >= 0.3 is 0 Å². The highest BCUT2D eigenvalue weighted by atomic mass is 16.2.